The number of allylic oxidation sites excluding steroid dienone is 1. The Morgan fingerprint density at radius 2 is 1.83 bits per heavy atom. The number of hydrogen-bond acceptors (Lipinski definition) is 4. The van der Waals surface area contributed by atoms with E-state index in [0.717, 1.165) is 39.7 Å². The number of aromatic nitrogens is 1. The van der Waals surface area contributed by atoms with Crippen molar-refractivity contribution in [2.45, 2.75) is 32.8 Å². The van der Waals surface area contributed by atoms with Gasteiger partial charge in [0, 0.05) is 5.39 Å². The summed E-state index contributed by atoms with van der Waals surface area (Å²) in [4.78, 5) is 29.2. The molecule has 0 bridgehead atoms. The number of carbonyl (C=O) groups is 2. The van der Waals surface area contributed by atoms with E-state index in [2.05, 4.69) is 37.3 Å². The summed E-state index contributed by atoms with van der Waals surface area (Å²) in [7, 11) is 0. The van der Waals surface area contributed by atoms with E-state index in [0.29, 0.717) is 12.0 Å². The SMILES string of the molecule is Cc1ccc(/C=C2\CCc3c2nc2ccccc2c3C(=O)O[C@H](C)C(N)=O)cc1. The molecule has 0 saturated heterocycles. The minimum Gasteiger partial charge on any atom is -0.449 e. The number of esters is 1. The van der Waals surface area contributed by atoms with Crippen LogP contribution in [0.25, 0.3) is 22.6 Å². The maximum absolute atomic E-state index is 13.0. The molecular weight excluding hydrogens is 364 g/mol. The zero-order valence-corrected chi connectivity index (χ0v) is 16.4. The molecular formula is C24H22N2O3. The van der Waals surface area contributed by atoms with Crippen LogP contribution >= 0.6 is 0 Å². The molecule has 5 nitrogen and oxygen atoms in total. The van der Waals surface area contributed by atoms with Crippen LogP contribution in [0.1, 0.15) is 46.1 Å². The number of aryl methyl sites for hydroxylation is 1. The maximum atomic E-state index is 13.0. The van der Waals surface area contributed by atoms with Gasteiger partial charge in [-0.2, -0.15) is 0 Å². The summed E-state index contributed by atoms with van der Waals surface area (Å²) in [5.74, 6) is -1.21. The second-order valence-electron chi connectivity index (χ2n) is 7.36. The van der Waals surface area contributed by atoms with Crippen molar-refractivity contribution < 1.29 is 14.3 Å². The van der Waals surface area contributed by atoms with Crippen LogP contribution in [-0.4, -0.2) is 23.0 Å². The Kier molecular flexibility index (Phi) is 4.89. The number of ether oxygens (including phenoxy) is 1. The highest BCUT2D eigenvalue weighted by atomic mass is 16.5. The molecule has 1 aliphatic rings. The standard InChI is InChI=1S/C24H22N2O3/c1-14-7-9-16(10-8-14)13-17-11-12-19-21(24(28)29-15(2)23(25)27)18-5-3-4-6-20(18)26-22(17)19/h3-10,13,15H,11-12H2,1-2H3,(H2,25,27)/b17-13+/t15-/m1/s1. The molecule has 0 spiro atoms. The van der Waals surface area contributed by atoms with Crippen molar-refractivity contribution >= 4 is 34.4 Å². The number of rotatable bonds is 4. The summed E-state index contributed by atoms with van der Waals surface area (Å²) in [6.07, 6.45) is 2.61. The van der Waals surface area contributed by atoms with Gasteiger partial charge in [0.15, 0.2) is 6.10 Å². The number of primary amides is 1. The highest BCUT2D eigenvalue weighted by Crippen LogP contribution is 2.37. The lowest BCUT2D eigenvalue weighted by Crippen LogP contribution is -2.30. The summed E-state index contributed by atoms with van der Waals surface area (Å²) in [5.41, 5.74) is 11.5. The Balaban J connectivity index is 1.84. The molecule has 1 aromatic heterocycles. The molecule has 0 unspecified atom stereocenters. The molecule has 29 heavy (non-hydrogen) atoms. The molecule has 1 heterocycles. The second-order valence-corrected chi connectivity index (χ2v) is 7.36. The van der Waals surface area contributed by atoms with E-state index >= 15 is 0 Å². The largest absolute Gasteiger partial charge is 0.449 e. The molecule has 2 aromatic carbocycles. The summed E-state index contributed by atoms with van der Waals surface area (Å²) in [5, 5.41) is 0.726. The van der Waals surface area contributed by atoms with Crippen LogP contribution < -0.4 is 5.73 Å². The summed E-state index contributed by atoms with van der Waals surface area (Å²) < 4.78 is 5.34. The fraction of sp³-hybridized carbons (Fsp3) is 0.208. The minimum absolute atomic E-state index is 0.478. The Labute approximate surface area is 169 Å². The van der Waals surface area contributed by atoms with Gasteiger partial charge in [-0.05, 0) is 55.5 Å². The van der Waals surface area contributed by atoms with E-state index in [1.54, 1.807) is 0 Å². The lowest BCUT2D eigenvalue weighted by molar-refractivity contribution is -0.125. The minimum atomic E-state index is -0.992. The van der Waals surface area contributed by atoms with Crippen LogP contribution in [0.4, 0.5) is 0 Å². The first-order chi connectivity index (χ1) is 13.9. The smallest absolute Gasteiger partial charge is 0.339 e. The van der Waals surface area contributed by atoms with Gasteiger partial charge >= 0.3 is 5.97 Å². The van der Waals surface area contributed by atoms with Crippen LogP contribution in [0, 0.1) is 6.92 Å². The van der Waals surface area contributed by atoms with Crippen molar-refractivity contribution in [1.29, 1.82) is 0 Å². The Bertz CT molecular complexity index is 1150. The third kappa shape index (κ3) is 3.63. The zero-order valence-electron chi connectivity index (χ0n) is 16.4. The molecule has 0 radical (unpaired) electrons. The zero-order chi connectivity index (χ0) is 20.5. The molecule has 146 valence electrons. The van der Waals surface area contributed by atoms with Crippen molar-refractivity contribution in [3.05, 3.63) is 76.5 Å². The molecule has 2 N–H and O–H groups in total. The number of nitrogens with zero attached hydrogens (tertiary/aromatic N) is 1. The third-order valence-corrected chi connectivity index (χ3v) is 5.25. The molecule has 4 rings (SSSR count). The van der Waals surface area contributed by atoms with E-state index in [-0.39, 0.29) is 0 Å². The summed E-state index contributed by atoms with van der Waals surface area (Å²) in [6, 6.07) is 15.8. The topological polar surface area (TPSA) is 82.3 Å². The number of hydrogen-bond donors (Lipinski definition) is 1. The van der Waals surface area contributed by atoms with Crippen LogP contribution in [0.2, 0.25) is 0 Å². The second kappa shape index (κ2) is 7.51. The molecule has 5 heteroatoms. The number of para-hydroxylation sites is 1. The van der Waals surface area contributed by atoms with Crippen LogP contribution in [0.15, 0.2) is 48.5 Å². The highest BCUT2D eigenvalue weighted by molar-refractivity contribution is 6.07. The van der Waals surface area contributed by atoms with Gasteiger partial charge in [0.25, 0.3) is 5.91 Å². The molecule has 0 aliphatic heterocycles. The van der Waals surface area contributed by atoms with Gasteiger partial charge in [0.1, 0.15) is 0 Å². The predicted molar refractivity (Wildman–Crippen MR) is 113 cm³/mol. The maximum Gasteiger partial charge on any atom is 0.339 e. The van der Waals surface area contributed by atoms with Crippen molar-refractivity contribution in [3.8, 4) is 0 Å². The quantitative estimate of drug-likeness (QED) is 0.686. The molecule has 1 atom stereocenters. The number of nitrogens with two attached hydrogens (primary N) is 1. The van der Waals surface area contributed by atoms with Gasteiger partial charge in [-0.3, -0.25) is 4.79 Å². The predicted octanol–water partition coefficient (Wildman–Crippen LogP) is 4.06. The molecule has 0 fully saturated rings. The Morgan fingerprint density at radius 1 is 1.10 bits per heavy atom. The lowest BCUT2D eigenvalue weighted by Gasteiger charge is -2.14. The number of fused-ring (bicyclic) bond motifs is 2. The third-order valence-electron chi connectivity index (χ3n) is 5.25. The van der Waals surface area contributed by atoms with Gasteiger partial charge < -0.3 is 10.5 Å². The average molecular weight is 386 g/mol. The first-order valence-electron chi connectivity index (χ1n) is 9.63. The molecule has 1 aliphatic carbocycles. The van der Waals surface area contributed by atoms with Crippen molar-refractivity contribution in [3.63, 3.8) is 0 Å². The van der Waals surface area contributed by atoms with Crippen LogP contribution in [-0.2, 0) is 16.0 Å². The highest BCUT2D eigenvalue weighted by Gasteiger charge is 2.29. The fourth-order valence-corrected chi connectivity index (χ4v) is 3.65. The number of pyridine rings is 1. The summed E-state index contributed by atoms with van der Waals surface area (Å²) >= 11 is 0. The van der Waals surface area contributed by atoms with E-state index in [1.165, 1.54) is 12.5 Å². The van der Waals surface area contributed by atoms with Gasteiger partial charge in [0.2, 0.25) is 0 Å². The van der Waals surface area contributed by atoms with E-state index in [1.807, 2.05) is 24.3 Å². The summed E-state index contributed by atoms with van der Waals surface area (Å²) in [6.45, 7) is 3.53. The molecule has 3 aromatic rings. The normalized spacial score (nSPS) is 15.3. The van der Waals surface area contributed by atoms with Crippen molar-refractivity contribution in [2.75, 3.05) is 0 Å². The lowest BCUT2D eigenvalue weighted by atomic mass is 10.0. The van der Waals surface area contributed by atoms with Gasteiger partial charge in [-0.1, -0.05) is 48.0 Å². The molecule has 0 saturated carbocycles. The van der Waals surface area contributed by atoms with Gasteiger partial charge in [-0.15, -0.1) is 0 Å². The van der Waals surface area contributed by atoms with Crippen molar-refractivity contribution in [1.82, 2.24) is 4.98 Å². The number of amides is 1. The van der Waals surface area contributed by atoms with E-state index < -0.39 is 18.0 Å². The number of benzene rings is 2. The van der Waals surface area contributed by atoms with Crippen LogP contribution in [0.3, 0.4) is 0 Å². The van der Waals surface area contributed by atoms with Gasteiger partial charge in [-0.25, -0.2) is 9.78 Å². The van der Waals surface area contributed by atoms with Crippen molar-refractivity contribution in [2.24, 2.45) is 5.73 Å². The average Bonchev–Trinajstić information content (AvgIpc) is 3.09. The number of carbonyl (C=O) groups excluding carboxylic acids is 2. The monoisotopic (exact) mass is 386 g/mol. The van der Waals surface area contributed by atoms with E-state index in [4.69, 9.17) is 15.5 Å². The fourth-order valence-electron chi connectivity index (χ4n) is 3.65. The first-order valence-corrected chi connectivity index (χ1v) is 9.63. The van der Waals surface area contributed by atoms with Gasteiger partial charge in [0.05, 0.1) is 16.8 Å². The first kappa shape index (κ1) is 18.9. The Hall–Kier alpha value is -3.47. The van der Waals surface area contributed by atoms with Crippen LogP contribution in [0.5, 0.6) is 0 Å². The molecule has 1 amide bonds. The Morgan fingerprint density at radius 3 is 2.55 bits per heavy atom. The van der Waals surface area contributed by atoms with E-state index in [9.17, 15) is 9.59 Å².